The first-order chi connectivity index (χ1) is 9.20. The highest BCUT2D eigenvalue weighted by molar-refractivity contribution is 5.43. The van der Waals surface area contributed by atoms with Gasteiger partial charge in [-0.15, -0.1) is 0 Å². The largest absolute Gasteiger partial charge is 0.369 e. The molecule has 0 radical (unpaired) electrons. The average Bonchev–Trinajstić information content (AvgIpc) is 2.42. The minimum Gasteiger partial charge on any atom is -0.369 e. The molecular formula is C14H17FN4. The van der Waals surface area contributed by atoms with E-state index in [1.54, 1.807) is 24.5 Å². The predicted octanol–water partition coefficient (Wildman–Crippen LogP) is 2.68. The van der Waals surface area contributed by atoms with Crippen LogP contribution in [0.3, 0.4) is 0 Å². The van der Waals surface area contributed by atoms with Gasteiger partial charge in [0.25, 0.3) is 0 Å². The van der Waals surface area contributed by atoms with Crippen LogP contribution >= 0.6 is 0 Å². The van der Waals surface area contributed by atoms with Gasteiger partial charge in [0.15, 0.2) is 0 Å². The maximum absolute atomic E-state index is 13.6. The summed E-state index contributed by atoms with van der Waals surface area (Å²) >= 11 is 0. The van der Waals surface area contributed by atoms with E-state index < -0.39 is 0 Å². The number of hydrogen-bond acceptors (Lipinski definition) is 4. The fourth-order valence-corrected chi connectivity index (χ4v) is 1.77. The van der Waals surface area contributed by atoms with Crippen LogP contribution in [0, 0.1) is 5.82 Å². The third-order valence-electron chi connectivity index (χ3n) is 2.74. The van der Waals surface area contributed by atoms with Crippen LogP contribution < -0.4 is 10.2 Å². The number of aromatic nitrogens is 2. The first-order valence-electron chi connectivity index (χ1n) is 6.21. The van der Waals surface area contributed by atoms with Gasteiger partial charge in [0, 0.05) is 25.7 Å². The Hall–Kier alpha value is -2.17. The molecule has 2 rings (SSSR count). The maximum atomic E-state index is 13.6. The summed E-state index contributed by atoms with van der Waals surface area (Å²) in [6, 6.07) is 6.74. The van der Waals surface area contributed by atoms with Gasteiger partial charge in [-0.05, 0) is 13.0 Å². The van der Waals surface area contributed by atoms with E-state index in [2.05, 4.69) is 15.3 Å². The summed E-state index contributed by atoms with van der Waals surface area (Å²) in [7, 11) is 1.87. The van der Waals surface area contributed by atoms with Gasteiger partial charge >= 0.3 is 0 Å². The van der Waals surface area contributed by atoms with Crippen LogP contribution in [0.25, 0.3) is 0 Å². The number of rotatable bonds is 5. The van der Waals surface area contributed by atoms with E-state index in [0.29, 0.717) is 17.9 Å². The molecular weight excluding hydrogens is 243 g/mol. The number of anilines is 2. The van der Waals surface area contributed by atoms with E-state index in [1.807, 2.05) is 24.9 Å². The van der Waals surface area contributed by atoms with Gasteiger partial charge < -0.3 is 10.2 Å². The Kier molecular flexibility index (Phi) is 4.28. The van der Waals surface area contributed by atoms with Crippen molar-refractivity contribution in [3.8, 4) is 0 Å². The van der Waals surface area contributed by atoms with Crippen LogP contribution in [0.5, 0.6) is 0 Å². The van der Waals surface area contributed by atoms with Crippen molar-refractivity contribution < 1.29 is 4.39 Å². The van der Waals surface area contributed by atoms with Crippen molar-refractivity contribution in [2.75, 3.05) is 23.8 Å². The smallest absolute Gasteiger partial charge is 0.149 e. The predicted molar refractivity (Wildman–Crippen MR) is 74.7 cm³/mol. The van der Waals surface area contributed by atoms with Crippen LogP contribution in [-0.2, 0) is 6.54 Å². The third-order valence-corrected chi connectivity index (χ3v) is 2.74. The first kappa shape index (κ1) is 13.3. The van der Waals surface area contributed by atoms with Crippen LogP contribution in [0.2, 0.25) is 0 Å². The molecule has 0 bridgehead atoms. The minimum atomic E-state index is -0.204. The lowest BCUT2D eigenvalue weighted by Crippen LogP contribution is -2.19. The molecule has 1 aromatic heterocycles. The average molecular weight is 260 g/mol. The number of nitrogens with zero attached hydrogens (tertiary/aromatic N) is 3. The Morgan fingerprint density at radius 2 is 2.05 bits per heavy atom. The zero-order chi connectivity index (χ0) is 13.7. The zero-order valence-corrected chi connectivity index (χ0v) is 11.1. The lowest BCUT2D eigenvalue weighted by atomic mass is 10.2. The Balaban J connectivity index is 2.13. The lowest BCUT2D eigenvalue weighted by Gasteiger charge is -2.18. The van der Waals surface area contributed by atoms with E-state index in [1.165, 1.54) is 6.07 Å². The summed E-state index contributed by atoms with van der Waals surface area (Å²) in [6.07, 6.45) is 3.34. The fourth-order valence-electron chi connectivity index (χ4n) is 1.77. The van der Waals surface area contributed by atoms with Gasteiger partial charge in [0.2, 0.25) is 0 Å². The maximum Gasteiger partial charge on any atom is 0.149 e. The van der Waals surface area contributed by atoms with Gasteiger partial charge in [-0.2, -0.15) is 0 Å². The molecule has 0 aliphatic rings. The molecule has 100 valence electrons. The van der Waals surface area contributed by atoms with Crippen molar-refractivity contribution in [3.63, 3.8) is 0 Å². The lowest BCUT2D eigenvalue weighted by molar-refractivity contribution is 0.607. The third kappa shape index (κ3) is 3.40. The quantitative estimate of drug-likeness (QED) is 0.897. The van der Waals surface area contributed by atoms with Crippen molar-refractivity contribution in [2.45, 2.75) is 13.5 Å². The molecule has 0 saturated heterocycles. The second-order valence-electron chi connectivity index (χ2n) is 4.24. The summed E-state index contributed by atoms with van der Waals surface area (Å²) in [5, 5.41) is 3.10. The fraction of sp³-hybridized carbons (Fsp3) is 0.286. The van der Waals surface area contributed by atoms with Crippen molar-refractivity contribution in [2.24, 2.45) is 0 Å². The topological polar surface area (TPSA) is 41.1 Å². The molecule has 19 heavy (non-hydrogen) atoms. The van der Waals surface area contributed by atoms with Crippen LogP contribution in [-0.4, -0.2) is 23.6 Å². The minimum absolute atomic E-state index is 0.204. The molecule has 0 saturated carbocycles. The molecule has 0 aliphatic carbocycles. The van der Waals surface area contributed by atoms with E-state index in [-0.39, 0.29) is 5.82 Å². The van der Waals surface area contributed by atoms with Crippen molar-refractivity contribution in [3.05, 3.63) is 48.0 Å². The molecule has 0 amide bonds. The van der Waals surface area contributed by atoms with E-state index in [4.69, 9.17) is 0 Å². The normalized spacial score (nSPS) is 10.3. The zero-order valence-electron chi connectivity index (χ0n) is 11.1. The van der Waals surface area contributed by atoms with Gasteiger partial charge in [-0.25, -0.2) is 9.37 Å². The molecule has 4 nitrogen and oxygen atoms in total. The molecule has 2 aromatic rings. The Bertz CT molecular complexity index is 544. The van der Waals surface area contributed by atoms with Crippen molar-refractivity contribution >= 4 is 11.6 Å². The molecule has 1 N–H and O–H groups in total. The molecule has 5 heteroatoms. The number of hydrogen-bond donors (Lipinski definition) is 1. The second kappa shape index (κ2) is 6.13. The number of halogens is 1. The molecule has 0 unspecified atom stereocenters. The molecule has 0 atom stereocenters. The second-order valence-corrected chi connectivity index (χ2v) is 4.24. The van der Waals surface area contributed by atoms with E-state index >= 15 is 0 Å². The summed E-state index contributed by atoms with van der Waals surface area (Å²) in [5.74, 6) is 1.23. The Morgan fingerprint density at radius 1 is 1.26 bits per heavy atom. The van der Waals surface area contributed by atoms with Gasteiger partial charge in [0.1, 0.15) is 17.5 Å². The first-order valence-corrected chi connectivity index (χ1v) is 6.21. The highest BCUT2D eigenvalue weighted by Crippen LogP contribution is 2.15. The van der Waals surface area contributed by atoms with E-state index in [9.17, 15) is 4.39 Å². The molecule has 1 heterocycles. The molecule has 0 fully saturated rings. The van der Waals surface area contributed by atoms with E-state index in [0.717, 1.165) is 12.4 Å². The molecule has 1 aromatic carbocycles. The number of benzene rings is 1. The van der Waals surface area contributed by atoms with Crippen LogP contribution in [0.15, 0.2) is 36.7 Å². The number of nitrogens with one attached hydrogen (secondary N) is 1. The van der Waals surface area contributed by atoms with Gasteiger partial charge in [0.05, 0.1) is 12.4 Å². The molecule has 0 aliphatic heterocycles. The van der Waals surface area contributed by atoms with Crippen molar-refractivity contribution in [1.82, 2.24) is 9.97 Å². The van der Waals surface area contributed by atoms with Gasteiger partial charge in [-0.1, -0.05) is 18.2 Å². The van der Waals surface area contributed by atoms with Crippen LogP contribution in [0.1, 0.15) is 12.5 Å². The summed E-state index contributed by atoms with van der Waals surface area (Å²) in [5.41, 5.74) is 0.639. The monoisotopic (exact) mass is 260 g/mol. The summed E-state index contributed by atoms with van der Waals surface area (Å²) < 4.78 is 13.6. The highest BCUT2D eigenvalue weighted by Gasteiger charge is 2.08. The summed E-state index contributed by atoms with van der Waals surface area (Å²) in [6.45, 7) is 3.24. The highest BCUT2D eigenvalue weighted by atomic mass is 19.1. The van der Waals surface area contributed by atoms with Crippen LogP contribution in [0.4, 0.5) is 16.0 Å². The standard InChI is InChI=1S/C14H17FN4/c1-3-17-13-8-16-9-14(18-13)19(2)10-11-6-4-5-7-12(11)15/h4-9H,3,10H2,1-2H3,(H,17,18). The van der Waals surface area contributed by atoms with Crippen molar-refractivity contribution in [1.29, 1.82) is 0 Å². The molecule has 0 spiro atoms. The Morgan fingerprint density at radius 3 is 2.79 bits per heavy atom. The van der Waals surface area contributed by atoms with Gasteiger partial charge in [-0.3, -0.25) is 4.98 Å². The summed E-state index contributed by atoms with van der Waals surface area (Å²) in [4.78, 5) is 10.4. The SMILES string of the molecule is CCNc1cncc(N(C)Cc2ccccc2F)n1. The Labute approximate surface area is 112 Å².